The molecule has 3 heterocycles. The molecule has 156 valence electrons. The number of nitrogens with one attached hydrogen (secondary N) is 2. The minimum Gasteiger partial charge on any atom is -0.377 e. The maximum absolute atomic E-state index is 6.00. The number of fused-ring (bicyclic) bond motifs is 1. The second-order valence-corrected chi connectivity index (χ2v) is 7.64. The van der Waals surface area contributed by atoms with Crippen molar-refractivity contribution in [3.63, 3.8) is 0 Å². The summed E-state index contributed by atoms with van der Waals surface area (Å²) in [6, 6.07) is 10.7. The largest absolute Gasteiger partial charge is 0.377 e. The fourth-order valence-corrected chi connectivity index (χ4v) is 4.14. The lowest BCUT2D eigenvalue weighted by molar-refractivity contribution is 0.0915. The number of aromatic nitrogens is 3. The van der Waals surface area contributed by atoms with Crippen LogP contribution in [0.1, 0.15) is 36.2 Å². The molecule has 0 amide bonds. The average Bonchev–Trinajstić information content (AvgIpc) is 3.38. The third-order valence-electron chi connectivity index (χ3n) is 5.61. The predicted octanol–water partition coefficient (Wildman–Crippen LogP) is 1.68. The van der Waals surface area contributed by atoms with Gasteiger partial charge in [-0.15, -0.1) is 0 Å². The van der Waals surface area contributed by atoms with E-state index in [2.05, 4.69) is 50.0 Å². The summed E-state index contributed by atoms with van der Waals surface area (Å²) in [5.41, 5.74) is 1.25. The first-order valence-electron chi connectivity index (χ1n) is 10.3. The van der Waals surface area contributed by atoms with Gasteiger partial charge < -0.3 is 20.1 Å². The van der Waals surface area contributed by atoms with Crippen LogP contribution in [0.25, 0.3) is 0 Å². The van der Waals surface area contributed by atoms with Crippen LogP contribution < -0.4 is 10.6 Å². The summed E-state index contributed by atoms with van der Waals surface area (Å²) in [4.78, 5) is 8.96. The molecule has 1 saturated heterocycles. The Bertz CT molecular complexity index is 822. The van der Waals surface area contributed by atoms with Gasteiger partial charge in [-0.2, -0.15) is 5.10 Å². The third-order valence-corrected chi connectivity index (χ3v) is 5.61. The molecule has 2 aliphatic heterocycles. The highest BCUT2D eigenvalue weighted by Crippen LogP contribution is 2.33. The molecule has 3 unspecified atom stereocenters. The lowest BCUT2D eigenvalue weighted by Crippen LogP contribution is -2.48. The van der Waals surface area contributed by atoms with E-state index < -0.39 is 0 Å². The van der Waals surface area contributed by atoms with Crippen LogP contribution in [-0.2, 0) is 29.0 Å². The normalized spacial score (nSPS) is 24.3. The van der Waals surface area contributed by atoms with Gasteiger partial charge in [-0.3, -0.25) is 4.99 Å². The van der Waals surface area contributed by atoms with Crippen molar-refractivity contribution >= 4 is 5.96 Å². The summed E-state index contributed by atoms with van der Waals surface area (Å²) in [6.07, 6.45) is 3.11. The van der Waals surface area contributed by atoms with Crippen LogP contribution in [0.2, 0.25) is 0 Å². The first-order chi connectivity index (χ1) is 14.3. The van der Waals surface area contributed by atoms with Gasteiger partial charge in [-0.25, -0.2) is 9.67 Å². The van der Waals surface area contributed by atoms with Gasteiger partial charge in [0.2, 0.25) is 0 Å². The Morgan fingerprint density at radius 2 is 2.17 bits per heavy atom. The number of guanidine groups is 1. The highest BCUT2D eigenvalue weighted by Gasteiger charge is 2.30. The Balaban J connectivity index is 1.31. The van der Waals surface area contributed by atoms with Gasteiger partial charge in [0, 0.05) is 45.7 Å². The van der Waals surface area contributed by atoms with Crippen LogP contribution in [0.15, 0.2) is 35.3 Å². The second-order valence-electron chi connectivity index (χ2n) is 7.64. The summed E-state index contributed by atoms with van der Waals surface area (Å²) in [5, 5.41) is 11.6. The summed E-state index contributed by atoms with van der Waals surface area (Å²) >= 11 is 0. The van der Waals surface area contributed by atoms with Crippen molar-refractivity contribution < 1.29 is 9.47 Å². The quantitative estimate of drug-likeness (QED) is 0.569. The van der Waals surface area contributed by atoms with Crippen LogP contribution in [0.5, 0.6) is 0 Å². The lowest BCUT2D eigenvalue weighted by atomic mass is 9.95. The van der Waals surface area contributed by atoms with Crippen molar-refractivity contribution in [2.45, 2.75) is 44.6 Å². The molecule has 2 aliphatic rings. The van der Waals surface area contributed by atoms with E-state index in [0.717, 1.165) is 56.6 Å². The molecule has 8 heteroatoms. The van der Waals surface area contributed by atoms with Gasteiger partial charge in [0.15, 0.2) is 11.8 Å². The monoisotopic (exact) mass is 398 g/mol. The van der Waals surface area contributed by atoms with Gasteiger partial charge in [0.1, 0.15) is 12.4 Å². The predicted molar refractivity (Wildman–Crippen MR) is 111 cm³/mol. The molecule has 2 N–H and O–H groups in total. The maximum atomic E-state index is 6.00. The molecule has 0 spiro atoms. The van der Waals surface area contributed by atoms with Crippen molar-refractivity contribution in [2.24, 2.45) is 10.9 Å². The topological polar surface area (TPSA) is 85.6 Å². The van der Waals surface area contributed by atoms with E-state index in [1.807, 2.05) is 17.8 Å². The Morgan fingerprint density at radius 3 is 2.97 bits per heavy atom. The van der Waals surface area contributed by atoms with Crippen LogP contribution >= 0.6 is 0 Å². The van der Waals surface area contributed by atoms with E-state index in [1.54, 1.807) is 7.11 Å². The molecule has 0 bridgehead atoms. The van der Waals surface area contributed by atoms with E-state index in [1.165, 1.54) is 5.56 Å². The molecule has 3 atom stereocenters. The lowest BCUT2D eigenvalue weighted by Gasteiger charge is -2.26. The number of benzene rings is 1. The van der Waals surface area contributed by atoms with E-state index in [0.29, 0.717) is 12.5 Å². The van der Waals surface area contributed by atoms with Crippen LogP contribution in [0, 0.1) is 5.92 Å². The van der Waals surface area contributed by atoms with Gasteiger partial charge in [0.25, 0.3) is 0 Å². The molecule has 29 heavy (non-hydrogen) atoms. The highest BCUT2D eigenvalue weighted by molar-refractivity contribution is 5.80. The number of aliphatic imine (C=N–C) groups is 1. The second kappa shape index (κ2) is 9.37. The van der Waals surface area contributed by atoms with Gasteiger partial charge >= 0.3 is 0 Å². The first kappa shape index (κ1) is 19.8. The van der Waals surface area contributed by atoms with E-state index in [-0.39, 0.29) is 12.1 Å². The van der Waals surface area contributed by atoms with E-state index in [4.69, 9.17) is 9.47 Å². The molecule has 2 aromatic rings. The Labute approximate surface area is 171 Å². The Morgan fingerprint density at radius 1 is 1.31 bits per heavy atom. The summed E-state index contributed by atoms with van der Waals surface area (Å²) in [6.45, 7) is 2.87. The Kier molecular flexibility index (Phi) is 6.41. The SMILES string of the molecule is CN=C(NCC1CCOC1c1ccccc1)NC1CCc2nc(COC)nn2C1. The zero-order chi connectivity index (χ0) is 20.1. The molecule has 4 rings (SSSR count). The zero-order valence-corrected chi connectivity index (χ0v) is 17.2. The fourth-order valence-electron chi connectivity index (χ4n) is 4.14. The highest BCUT2D eigenvalue weighted by atomic mass is 16.5. The van der Waals surface area contributed by atoms with Gasteiger partial charge in [-0.05, 0) is 18.4 Å². The van der Waals surface area contributed by atoms with Crippen molar-refractivity contribution in [3.8, 4) is 0 Å². The molecule has 1 fully saturated rings. The molecule has 0 radical (unpaired) electrons. The molecular formula is C21H30N6O2. The Hall–Kier alpha value is -2.45. The van der Waals surface area contributed by atoms with Crippen molar-refractivity contribution in [1.82, 2.24) is 25.4 Å². The van der Waals surface area contributed by atoms with Crippen molar-refractivity contribution in [1.29, 1.82) is 0 Å². The van der Waals surface area contributed by atoms with Crippen LogP contribution in [0.3, 0.4) is 0 Å². The summed E-state index contributed by atoms with van der Waals surface area (Å²) in [7, 11) is 3.48. The van der Waals surface area contributed by atoms with Gasteiger partial charge in [-0.1, -0.05) is 30.3 Å². The number of hydrogen-bond acceptors (Lipinski definition) is 5. The van der Waals surface area contributed by atoms with Gasteiger partial charge in [0.05, 0.1) is 12.6 Å². The molecule has 8 nitrogen and oxygen atoms in total. The minimum atomic E-state index is 0.147. The smallest absolute Gasteiger partial charge is 0.191 e. The van der Waals surface area contributed by atoms with E-state index in [9.17, 15) is 0 Å². The first-order valence-corrected chi connectivity index (χ1v) is 10.3. The van der Waals surface area contributed by atoms with E-state index >= 15 is 0 Å². The fraction of sp³-hybridized carbons (Fsp3) is 0.571. The third kappa shape index (κ3) is 4.76. The van der Waals surface area contributed by atoms with Crippen LogP contribution in [-0.4, -0.2) is 54.1 Å². The van der Waals surface area contributed by atoms with Crippen molar-refractivity contribution in [3.05, 3.63) is 47.5 Å². The number of aryl methyl sites for hydroxylation is 1. The molecular weight excluding hydrogens is 368 g/mol. The number of ether oxygens (including phenoxy) is 2. The molecule has 1 aromatic heterocycles. The standard InChI is InChI=1S/C21H30N6O2/c1-22-21(23-12-16-10-11-29-20(16)15-6-4-3-5-7-15)24-17-8-9-19-25-18(14-28-2)26-27(19)13-17/h3-7,16-17,20H,8-14H2,1-2H3,(H2,22,23,24). The number of hydrogen-bond donors (Lipinski definition) is 2. The zero-order valence-electron chi connectivity index (χ0n) is 17.2. The van der Waals surface area contributed by atoms with Crippen LogP contribution in [0.4, 0.5) is 0 Å². The summed E-state index contributed by atoms with van der Waals surface area (Å²) < 4.78 is 13.1. The number of nitrogens with zero attached hydrogens (tertiary/aromatic N) is 4. The average molecular weight is 399 g/mol. The summed E-state index contributed by atoms with van der Waals surface area (Å²) in [5.74, 6) is 3.04. The number of rotatable bonds is 6. The molecule has 1 aromatic carbocycles. The molecule has 0 aliphatic carbocycles. The maximum Gasteiger partial charge on any atom is 0.191 e. The molecule has 0 saturated carbocycles. The minimum absolute atomic E-state index is 0.147. The number of methoxy groups -OCH3 is 1. The van der Waals surface area contributed by atoms with Crippen molar-refractivity contribution in [2.75, 3.05) is 27.3 Å².